The van der Waals surface area contributed by atoms with E-state index in [1.165, 1.54) is 0 Å². The number of nitrogens with zero attached hydrogens (tertiary/aromatic N) is 1. The van der Waals surface area contributed by atoms with Crippen LogP contribution in [0.1, 0.15) is 25.0 Å². The Labute approximate surface area is 179 Å². The molecule has 2 rings (SSSR count). The lowest BCUT2D eigenvalue weighted by molar-refractivity contribution is 0.128. The fourth-order valence-corrected chi connectivity index (χ4v) is 2.90. The fourth-order valence-electron chi connectivity index (χ4n) is 2.65. The summed E-state index contributed by atoms with van der Waals surface area (Å²) in [6.45, 7) is 4.28. The van der Waals surface area contributed by atoms with Crippen molar-refractivity contribution in [2.45, 2.75) is 31.4 Å². The van der Waals surface area contributed by atoms with Gasteiger partial charge in [0.1, 0.15) is 30.8 Å². The second-order valence-electron chi connectivity index (χ2n) is 7.05. The van der Waals surface area contributed by atoms with Crippen molar-refractivity contribution in [1.29, 1.82) is 0 Å². The zero-order chi connectivity index (χ0) is 20.6. The minimum absolute atomic E-state index is 0.0520. The van der Waals surface area contributed by atoms with Gasteiger partial charge in [-0.05, 0) is 35.4 Å². The van der Waals surface area contributed by atoms with Gasteiger partial charge in [-0.15, -0.1) is 0 Å². The largest absolute Gasteiger partial charge is 0.491 e. The van der Waals surface area contributed by atoms with E-state index in [4.69, 9.17) is 14.6 Å². The molecule has 0 bridgehead atoms. The lowest BCUT2D eigenvalue weighted by Gasteiger charge is -2.26. The number of ether oxygens (including phenoxy) is 2. The third-order valence-electron chi connectivity index (χ3n) is 4.57. The maximum atomic E-state index is 10.5. The number of nitroso groups, excluding NO2 is 1. The number of hydrogen-bond donors (Lipinski definition) is 2. The van der Waals surface area contributed by atoms with Crippen LogP contribution in [0.4, 0.5) is 0 Å². The number of hydrogen-bond acceptors (Lipinski definition) is 6. The van der Waals surface area contributed by atoms with E-state index in [0.717, 1.165) is 16.9 Å². The molecule has 0 amide bonds. The van der Waals surface area contributed by atoms with Gasteiger partial charge in [0.15, 0.2) is 0 Å². The maximum absolute atomic E-state index is 10.5. The first-order chi connectivity index (χ1) is 13.4. The summed E-state index contributed by atoms with van der Waals surface area (Å²) >= 11 is 2.12. The highest BCUT2D eigenvalue weighted by Gasteiger charge is 2.23. The lowest BCUT2D eigenvalue weighted by atomic mass is 9.78. The third-order valence-corrected chi connectivity index (χ3v) is 5.59. The van der Waals surface area contributed by atoms with Gasteiger partial charge in [-0.25, -0.2) is 0 Å². The Hall–Kier alpha value is -1.71. The molecule has 0 fully saturated rings. The van der Waals surface area contributed by atoms with Gasteiger partial charge in [0.05, 0.1) is 12.7 Å². The molecule has 0 radical (unpaired) electrons. The number of rotatable bonds is 11. The Morgan fingerprint density at radius 3 is 1.82 bits per heavy atom. The van der Waals surface area contributed by atoms with Crippen molar-refractivity contribution in [3.8, 4) is 11.5 Å². The van der Waals surface area contributed by atoms with Crippen LogP contribution in [0.25, 0.3) is 0 Å². The molecule has 0 aliphatic carbocycles. The van der Waals surface area contributed by atoms with Crippen molar-refractivity contribution in [3.05, 3.63) is 64.6 Å². The summed E-state index contributed by atoms with van der Waals surface area (Å²) in [5.74, 6) is 1.36. The minimum atomic E-state index is -0.755. The van der Waals surface area contributed by atoms with Gasteiger partial charge in [0.2, 0.25) is 0 Å². The molecule has 0 saturated heterocycles. The molecule has 0 spiro atoms. The number of halogens is 1. The third kappa shape index (κ3) is 6.15. The molecule has 28 heavy (non-hydrogen) atoms. The number of alkyl halides is 1. The molecule has 2 N–H and O–H groups in total. The highest BCUT2D eigenvalue weighted by Crippen LogP contribution is 2.33. The molecule has 2 unspecified atom stereocenters. The molecular weight excluding hydrogens is 473 g/mol. The van der Waals surface area contributed by atoms with E-state index in [1.807, 2.05) is 48.5 Å². The van der Waals surface area contributed by atoms with E-state index in [2.05, 4.69) is 41.6 Å². The topological polar surface area (TPSA) is 88.3 Å². The van der Waals surface area contributed by atoms with Crippen LogP contribution in [0, 0.1) is 4.91 Å². The zero-order valence-corrected chi connectivity index (χ0v) is 18.2. The van der Waals surface area contributed by atoms with E-state index in [-0.39, 0.29) is 25.2 Å². The van der Waals surface area contributed by atoms with Gasteiger partial charge in [0.25, 0.3) is 0 Å². The van der Waals surface area contributed by atoms with Crippen molar-refractivity contribution in [3.63, 3.8) is 0 Å². The molecule has 152 valence electrons. The maximum Gasteiger partial charge on any atom is 0.149 e. The Bertz CT molecular complexity index is 733. The summed E-state index contributed by atoms with van der Waals surface area (Å²) in [6.07, 6.45) is -0.465. The molecule has 0 heterocycles. The van der Waals surface area contributed by atoms with Crippen LogP contribution in [0.3, 0.4) is 0 Å². The summed E-state index contributed by atoms with van der Waals surface area (Å²) in [6, 6.07) is 14.8. The van der Waals surface area contributed by atoms with E-state index in [0.29, 0.717) is 10.2 Å². The predicted octanol–water partition coefficient (Wildman–Crippen LogP) is 3.69. The van der Waals surface area contributed by atoms with Crippen LogP contribution < -0.4 is 9.47 Å². The number of aliphatic hydroxyl groups is 2. The second kappa shape index (κ2) is 10.7. The molecule has 0 saturated carbocycles. The van der Waals surface area contributed by atoms with Gasteiger partial charge in [-0.1, -0.05) is 65.9 Å². The van der Waals surface area contributed by atoms with Crippen molar-refractivity contribution in [1.82, 2.24) is 0 Å². The summed E-state index contributed by atoms with van der Waals surface area (Å²) in [7, 11) is 0. The first-order valence-corrected chi connectivity index (χ1v) is 10.6. The van der Waals surface area contributed by atoms with Gasteiger partial charge >= 0.3 is 0 Å². The minimum Gasteiger partial charge on any atom is -0.491 e. The van der Waals surface area contributed by atoms with Gasteiger partial charge < -0.3 is 19.7 Å². The van der Waals surface area contributed by atoms with Gasteiger partial charge in [0, 0.05) is 9.84 Å². The highest BCUT2D eigenvalue weighted by atomic mass is 127. The molecule has 2 aromatic rings. The van der Waals surface area contributed by atoms with Gasteiger partial charge in [-0.2, -0.15) is 4.91 Å². The average molecular weight is 499 g/mol. The second-order valence-corrected chi connectivity index (χ2v) is 7.93. The average Bonchev–Trinajstić information content (AvgIpc) is 2.73. The standard InChI is InChI=1S/C21H26INO5/c1-21(2,16-5-9-20(10-6-16)28-14-18(25)11-22)15-3-7-19(8-4-15)27-13-17(12-24)23-26/h3-10,17-18,24-25H,11-14H2,1-2H3. The van der Waals surface area contributed by atoms with E-state index >= 15 is 0 Å². The number of aliphatic hydroxyl groups excluding tert-OH is 2. The zero-order valence-electron chi connectivity index (χ0n) is 16.0. The first-order valence-electron chi connectivity index (χ1n) is 9.04. The molecule has 0 aliphatic heterocycles. The van der Waals surface area contributed by atoms with Crippen molar-refractivity contribution in [2.75, 3.05) is 24.2 Å². The molecule has 0 aliphatic rings. The summed E-state index contributed by atoms with van der Waals surface area (Å²) in [5, 5.41) is 21.4. The van der Waals surface area contributed by atoms with Crippen molar-refractivity contribution < 1.29 is 19.7 Å². The normalized spacial score (nSPS) is 13.6. The van der Waals surface area contributed by atoms with Crippen LogP contribution >= 0.6 is 22.6 Å². The van der Waals surface area contributed by atoms with Crippen LogP contribution in [0.15, 0.2) is 53.7 Å². The fraction of sp³-hybridized carbons (Fsp3) is 0.429. The highest BCUT2D eigenvalue weighted by molar-refractivity contribution is 14.1. The van der Waals surface area contributed by atoms with Crippen LogP contribution in [0.2, 0.25) is 0 Å². The number of benzene rings is 2. The van der Waals surface area contributed by atoms with Crippen molar-refractivity contribution in [2.24, 2.45) is 5.18 Å². The Morgan fingerprint density at radius 2 is 1.43 bits per heavy atom. The van der Waals surface area contributed by atoms with Crippen LogP contribution in [-0.4, -0.2) is 46.6 Å². The molecule has 6 nitrogen and oxygen atoms in total. The van der Waals surface area contributed by atoms with E-state index < -0.39 is 12.1 Å². The quantitative estimate of drug-likeness (QED) is 0.280. The molecule has 0 aromatic heterocycles. The first kappa shape index (κ1) is 22.6. The SMILES string of the molecule is CC(C)(c1ccc(OCC(O)CI)cc1)c1ccc(OCC(CO)N=O)cc1. The predicted molar refractivity (Wildman–Crippen MR) is 118 cm³/mol. The van der Waals surface area contributed by atoms with Gasteiger partial charge in [-0.3, -0.25) is 0 Å². The van der Waals surface area contributed by atoms with Crippen molar-refractivity contribution >= 4 is 22.6 Å². The summed E-state index contributed by atoms with van der Waals surface area (Å²) < 4.78 is 11.7. The summed E-state index contributed by atoms with van der Waals surface area (Å²) in [4.78, 5) is 10.5. The summed E-state index contributed by atoms with van der Waals surface area (Å²) in [5.41, 5.74) is 2.02. The Kier molecular flexibility index (Phi) is 8.65. The lowest BCUT2D eigenvalue weighted by Crippen LogP contribution is -2.20. The molecular formula is C21H26INO5. The van der Waals surface area contributed by atoms with Crippen LogP contribution in [0.5, 0.6) is 11.5 Å². The smallest absolute Gasteiger partial charge is 0.149 e. The van der Waals surface area contributed by atoms with E-state index in [1.54, 1.807) is 0 Å². The Morgan fingerprint density at radius 1 is 0.964 bits per heavy atom. The molecule has 2 aromatic carbocycles. The molecule has 2 atom stereocenters. The van der Waals surface area contributed by atoms with E-state index in [9.17, 15) is 10.0 Å². The Balaban J connectivity index is 2.03. The van der Waals surface area contributed by atoms with Crippen LogP contribution in [-0.2, 0) is 5.41 Å². The molecule has 7 heteroatoms. The monoisotopic (exact) mass is 499 g/mol.